The van der Waals surface area contributed by atoms with Gasteiger partial charge in [-0.25, -0.2) is 0 Å². The molecule has 1 fully saturated rings. The molecule has 0 aliphatic carbocycles. The third-order valence-electron chi connectivity index (χ3n) is 4.42. The van der Waals surface area contributed by atoms with Crippen molar-refractivity contribution in [2.24, 2.45) is 0 Å². The zero-order chi connectivity index (χ0) is 17.9. The summed E-state index contributed by atoms with van der Waals surface area (Å²) in [4.78, 5) is 15.2. The third kappa shape index (κ3) is 6.13. The Kier molecular flexibility index (Phi) is 8.40. The predicted molar refractivity (Wildman–Crippen MR) is 103 cm³/mol. The zero-order valence-corrected chi connectivity index (χ0v) is 15.0. The number of halogens is 1. The second-order valence-electron chi connectivity index (χ2n) is 6.12. The molecule has 1 aliphatic heterocycles. The van der Waals surface area contributed by atoms with E-state index < -0.39 is 0 Å². The summed E-state index contributed by atoms with van der Waals surface area (Å²) in [6, 6.07) is 20.2. The third-order valence-corrected chi connectivity index (χ3v) is 4.42. The van der Waals surface area contributed by atoms with Crippen molar-refractivity contribution in [3.8, 4) is 0 Å². The summed E-state index contributed by atoms with van der Waals surface area (Å²) in [5, 5.41) is 0. The number of likely N-dealkylation sites (tertiary alicyclic amines) is 1. The van der Waals surface area contributed by atoms with E-state index in [0.29, 0.717) is 0 Å². The lowest BCUT2D eigenvalue weighted by Gasteiger charge is -2.22. The Labute approximate surface area is 154 Å². The van der Waals surface area contributed by atoms with Crippen LogP contribution >= 0.6 is 11.9 Å². The van der Waals surface area contributed by atoms with E-state index in [1.54, 1.807) is 6.08 Å². The molecule has 0 amide bonds. The fourth-order valence-corrected chi connectivity index (χ4v) is 3.13. The number of carbonyl (C=O) groups is 1. The largest absolute Gasteiger partial charge is 0.302 e. The Balaban J connectivity index is 0.00000109. The van der Waals surface area contributed by atoms with Gasteiger partial charge in [0, 0.05) is 6.54 Å². The molecule has 0 spiro atoms. The van der Waals surface area contributed by atoms with E-state index >= 15 is 0 Å². The van der Waals surface area contributed by atoms with Crippen LogP contribution in [0, 0.1) is 0 Å². The first-order valence-electron chi connectivity index (χ1n) is 8.54. The van der Waals surface area contributed by atoms with Crippen LogP contribution in [0.25, 0.3) is 6.08 Å². The summed E-state index contributed by atoms with van der Waals surface area (Å²) in [6.45, 7) is 3.04. The number of allylic oxidation sites excluding steroid dienone is 1. The van der Waals surface area contributed by atoms with Crippen molar-refractivity contribution in [3.05, 3.63) is 77.9 Å². The Bertz CT molecular complexity index is 652. The standard InChI is InChI=1S/C21H23NO.ClHO/c23-21(14-13-18-9-3-1-4-10-18)20(17-22-15-7-8-16-22)19-11-5-2-6-12-19;1-2/h1-6,9-14,20H,7-8,15-17H2;2H. The summed E-state index contributed by atoms with van der Waals surface area (Å²) in [6.07, 6.45) is 6.15. The number of nitrogens with zero attached hydrogens (tertiary/aromatic N) is 1. The van der Waals surface area contributed by atoms with Gasteiger partial charge in [-0.15, -0.1) is 0 Å². The minimum Gasteiger partial charge on any atom is -0.302 e. The lowest BCUT2D eigenvalue weighted by atomic mass is 9.93. The summed E-state index contributed by atoms with van der Waals surface area (Å²) in [5.74, 6) is 0.112. The van der Waals surface area contributed by atoms with Crippen molar-refractivity contribution in [2.45, 2.75) is 18.8 Å². The van der Waals surface area contributed by atoms with E-state index in [4.69, 9.17) is 4.66 Å². The van der Waals surface area contributed by atoms with Crippen LogP contribution in [0.15, 0.2) is 66.7 Å². The van der Waals surface area contributed by atoms with Gasteiger partial charge >= 0.3 is 0 Å². The molecule has 1 aliphatic rings. The second kappa shape index (κ2) is 10.8. The molecule has 3 rings (SSSR count). The maximum absolute atomic E-state index is 12.8. The molecular weight excluding hydrogens is 334 g/mol. The van der Waals surface area contributed by atoms with Gasteiger partial charge in [-0.1, -0.05) is 66.7 Å². The molecule has 1 unspecified atom stereocenters. The van der Waals surface area contributed by atoms with Crippen LogP contribution in [0.4, 0.5) is 0 Å². The van der Waals surface area contributed by atoms with Gasteiger partial charge in [0.05, 0.1) is 17.8 Å². The first-order chi connectivity index (χ1) is 12.3. The van der Waals surface area contributed by atoms with Crippen LogP contribution in [-0.4, -0.2) is 35.0 Å². The van der Waals surface area contributed by atoms with Crippen LogP contribution < -0.4 is 0 Å². The fourth-order valence-electron chi connectivity index (χ4n) is 3.13. The Hall–Kier alpha value is -1.94. The zero-order valence-electron chi connectivity index (χ0n) is 14.2. The molecule has 2 aromatic carbocycles. The van der Waals surface area contributed by atoms with Crippen molar-refractivity contribution < 1.29 is 9.45 Å². The van der Waals surface area contributed by atoms with E-state index in [9.17, 15) is 4.79 Å². The van der Waals surface area contributed by atoms with Gasteiger partial charge in [0.15, 0.2) is 5.78 Å². The number of rotatable bonds is 6. The van der Waals surface area contributed by atoms with Crippen LogP contribution in [-0.2, 0) is 4.79 Å². The summed E-state index contributed by atoms with van der Waals surface area (Å²) in [5.41, 5.74) is 2.18. The van der Waals surface area contributed by atoms with Gasteiger partial charge in [0.1, 0.15) is 0 Å². The van der Waals surface area contributed by atoms with E-state index in [-0.39, 0.29) is 11.7 Å². The predicted octanol–water partition coefficient (Wildman–Crippen LogP) is 4.28. The Morgan fingerprint density at radius 3 is 2.16 bits per heavy atom. The number of hydrogen-bond acceptors (Lipinski definition) is 3. The Morgan fingerprint density at radius 1 is 1.00 bits per heavy atom. The summed E-state index contributed by atoms with van der Waals surface area (Å²) < 4.78 is 6.47. The molecule has 1 N–H and O–H groups in total. The molecule has 0 aromatic heterocycles. The summed E-state index contributed by atoms with van der Waals surface area (Å²) >= 11 is 3.64. The molecule has 0 saturated carbocycles. The highest BCUT2D eigenvalue weighted by Gasteiger charge is 2.23. The number of benzene rings is 2. The van der Waals surface area contributed by atoms with Gasteiger partial charge < -0.3 is 4.90 Å². The van der Waals surface area contributed by atoms with Gasteiger partial charge in [-0.2, -0.15) is 0 Å². The first kappa shape index (κ1) is 19.4. The SMILES string of the molecule is O=C(C=Cc1ccccc1)C(CN1CCCC1)c1ccccc1.OCl. The number of hydrogen-bond donors (Lipinski definition) is 1. The molecule has 0 bridgehead atoms. The number of carbonyl (C=O) groups excluding carboxylic acids is 1. The van der Waals surface area contributed by atoms with Crippen LogP contribution in [0.2, 0.25) is 0 Å². The lowest BCUT2D eigenvalue weighted by molar-refractivity contribution is -0.116. The van der Waals surface area contributed by atoms with E-state index in [2.05, 4.69) is 28.9 Å². The molecule has 132 valence electrons. The van der Waals surface area contributed by atoms with Gasteiger partial charge in [0.25, 0.3) is 0 Å². The van der Waals surface area contributed by atoms with E-state index in [1.165, 1.54) is 12.8 Å². The highest BCUT2D eigenvalue weighted by atomic mass is 35.5. The van der Waals surface area contributed by atoms with Crippen molar-refractivity contribution in [1.29, 1.82) is 0 Å². The van der Waals surface area contributed by atoms with Crippen LogP contribution in [0.3, 0.4) is 0 Å². The average molecular weight is 358 g/mol. The minimum absolute atomic E-state index is 0.0748. The van der Waals surface area contributed by atoms with E-state index in [1.807, 2.05) is 54.6 Å². The first-order valence-corrected chi connectivity index (χ1v) is 8.88. The van der Waals surface area contributed by atoms with E-state index in [0.717, 1.165) is 30.8 Å². The lowest BCUT2D eigenvalue weighted by Crippen LogP contribution is -2.29. The van der Waals surface area contributed by atoms with Crippen LogP contribution in [0.5, 0.6) is 0 Å². The maximum atomic E-state index is 12.8. The number of ketones is 1. The van der Waals surface area contributed by atoms with Crippen molar-refractivity contribution in [3.63, 3.8) is 0 Å². The second-order valence-corrected chi connectivity index (χ2v) is 6.12. The molecule has 25 heavy (non-hydrogen) atoms. The molecular formula is C21H24ClNO2. The normalized spacial score (nSPS) is 15.6. The Morgan fingerprint density at radius 2 is 1.56 bits per heavy atom. The van der Waals surface area contributed by atoms with Crippen LogP contribution in [0.1, 0.15) is 29.9 Å². The maximum Gasteiger partial charge on any atom is 0.164 e. The average Bonchev–Trinajstić information content (AvgIpc) is 3.21. The van der Waals surface area contributed by atoms with Gasteiger partial charge in [0.2, 0.25) is 0 Å². The highest BCUT2D eigenvalue weighted by Crippen LogP contribution is 2.21. The molecule has 0 radical (unpaired) electrons. The quantitative estimate of drug-likeness (QED) is 0.784. The minimum atomic E-state index is -0.0748. The molecule has 1 saturated heterocycles. The topological polar surface area (TPSA) is 40.5 Å². The molecule has 1 atom stereocenters. The molecule has 4 heteroatoms. The summed E-state index contributed by atoms with van der Waals surface area (Å²) in [7, 11) is 0. The molecule has 1 heterocycles. The molecule has 2 aromatic rings. The smallest absolute Gasteiger partial charge is 0.164 e. The van der Waals surface area contributed by atoms with Gasteiger partial charge in [-0.3, -0.25) is 9.45 Å². The fraction of sp³-hybridized carbons (Fsp3) is 0.286. The monoisotopic (exact) mass is 357 g/mol. The van der Waals surface area contributed by atoms with Gasteiger partial charge in [-0.05, 0) is 43.1 Å². The van der Waals surface area contributed by atoms with Crippen molar-refractivity contribution >= 4 is 23.7 Å². The highest BCUT2D eigenvalue weighted by molar-refractivity contribution is 6.04. The van der Waals surface area contributed by atoms with Crippen molar-refractivity contribution in [2.75, 3.05) is 19.6 Å². The van der Waals surface area contributed by atoms with Crippen molar-refractivity contribution in [1.82, 2.24) is 4.90 Å². The molecule has 3 nitrogen and oxygen atoms in total.